The molecule has 2 heteroatoms. The van der Waals surface area contributed by atoms with Gasteiger partial charge in [-0.25, -0.2) is 0 Å². The molecule has 0 aliphatic carbocycles. The van der Waals surface area contributed by atoms with E-state index < -0.39 is 0 Å². The Morgan fingerprint density at radius 3 is 1.61 bits per heavy atom. The van der Waals surface area contributed by atoms with Crippen LogP contribution in [0, 0.1) is 0 Å². The molecule has 0 heterocycles. The summed E-state index contributed by atoms with van der Waals surface area (Å²) in [5.74, 6) is -0.127. The highest BCUT2D eigenvalue weighted by atomic mass is 16.5. The lowest BCUT2D eigenvalue weighted by Crippen LogP contribution is -1.98. The molecule has 0 unspecified atom stereocenters. The SMILES string of the molecule is CC/C=C/C/C=C/C/C=C/C/C=C/C/C=C/CCCC(=O)OC. The maximum atomic E-state index is 10.9. The molecule has 0 aliphatic rings. The molecule has 0 aromatic rings. The van der Waals surface area contributed by atoms with E-state index in [-0.39, 0.29) is 5.97 Å². The standard InChI is InChI=1S/C21H32O2/c1-3-4-5-6-7-8-9-10-11-12-13-14-15-16-17-18-19-20-21(22)23-2/h4-5,7-8,10-11,13-14,16-17H,3,6,9,12,15,18-20H2,1-2H3/b5-4+,8-7+,11-10+,14-13+,17-16+. The van der Waals surface area contributed by atoms with Gasteiger partial charge in [-0.2, -0.15) is 0 Å². The van der Waals surface area contributed by atoms with Crippen molar-refractivity contribution in [2.45, 2.75) is 58.3 Å². The van der Waals surface area contributed by atoms with Crippen molar-refractivity contribution >= 4 is 5.97 Å². The van der Waals surface area contributed by atoms with Crippen LogP contribution in [-0.4, -0.2) is 13.1 Å². The largest absolute Gasteiger partial charge is 0.469 e. The topological polar surface area (TPSA) is 26.3 Å². The highest BCUT2D eigenvalue weighted by Gasteiger charge is 1.96. The zero-order valence-electron chi connectivity index (χ0n) is 14.7. The summed E-state index contributed by atoms with van der Waals surface area (Å²) >= 11 is 0. The maximum absolute atomic E-state index is 10.9. The van der Waals surface area contributed by atoms with Crippen molar-refractivity contribution < 1.29 is 9.53 Å². The number of carbonyl (C=O) groups excluding carboxylic acids is 1. The van der Waals surface area contributed by atoms with E-state index in [2.05, 4.69) is 72.4 Å². The molecule has 0 aromatic carbocycles. The average molecular weight is 316 g/mol. The third-order valence-corrected chi connectivity index (χ3v) is 3.14. The molecule has 0 N–H and O–H groups in total. The molecule has 0 atom stereocenters. The van der Waals surface area contributed by atoms with Crippen molar-refractivity contribution in [3.63, 3.8) is 0 Å². The van der Waals surface area contributed by atoms with Crippen molar-refractivity contribution in [3.8, 4) is 0 Å². The summed E-state index contributed by atoms with van der Waals surface area (Å²) in [6, 6.07) is 0. The van der Waals surface area contributed by atoms with Crippen molar-refractivity contribution in [1.29, 1.82) is 0 Å². The fraction of sp³-hybridized carbons (Fsp3) is 0.476. The Morgan fingerprint density at radius 2 is 1.17 bits per heavy atom. The van der Waals surface area contributed by atoms with Gasteiger partial charge in [-0.05, 0) is 44.9 Å². The van der Waals surface area contributed by atoms with Gasteiger partial charge in [0.1, 0.15) is 0 Å². The zero-order valence-corrected chi connectivity index (χ0v) is 14.7. The minimum atomic E-state index is -0.127. The molecule has 0 spiro atoms. The second-order valence-corrected chi connectivity index (χ2v) is 5.18. The fourth-order valence-electron chi connectivity index (χ4n) is 1.83. The summed E-state index contributed by atoms with van der Waals surface area (Å²) in [5.41, 5.74) is 0. The summed E-state index contributed by atoms with van der Waals surface area (Å²) in [6.45, 7) is 2.15. The van der Waals surface area contributed by atoms with Gasteiger partial charge < -0.3 is 4.74 Å². The summed E-state index contributed by atoms with van der Waals surface area (Å²) in [7, 11) is 1.43. The number of esters is 1. The van der Waals surface area contributed by atoms with E-state index in [4.69, 9.17) is 0 Å². The van der Waals surface area contributed by atoms with Gasteiger partial charge >= 0.3 is 5.97 Å². The molecule has 0 aromatic heterocycles. The van der Waals surface area contributed by atoms with Gasteiger partial charge in [0.15, 0.2) is 0 Å². The first-order chi connectivity index (χ1) is 11.3. The van der Waals surface area contributed by atoms with Crippen molar-refractivity contribution in [3.05, 3.63) is 60.8 Å². The first-order valence-electron chi connectivity index (χ1n) is 8.63. The predicted molar refractivity (Wildman–Crippen MR) is 100 cm³/mol. The quantitative estimate of drug-likeness (QED) is 0.234. The van der Waals surface area contributed by atoms with Crippen LogP contribution in [0.3, 0.4) is 0 Å². The number of ether oxygens (including phenoxy) is 1. The molecule has 0 aliphatic heterocycles. The van der Waals surface area contributed by atoms with E-state index in [9.17, 15) is 4.79 Å². The third-order valence-electron chi connectivity index (χ3n) is 3.14. The molecular weight excluding hydrogens is 284 g/mol. The van der Waals surface area contributed by atoms with E-state index >= 15 is 0 Å². The van der Waals surface area contributed by atoms with Gasteiger partial charge in [0, 0.05) is 6.42 Å². The van der Waals surface area contributed by atoms with E-state index in [1.165, 1.54) is 7.11 Å². The number of hydrogen-bond donors (Lipinski definition) is 0. The predicted octanol–water partition coefficient (Wildman–Crippen LogP) is 6.08. The van der Waals surface area contributed by atoms with E-state index in [0.717, 1.165) is 44.9 Å². The number of unbranched alkanes of at least 4 members (excludes halogenated alkanes) is 1. The van der Waals surface area contributed by atoms with E-state index in [0.29, 0.717) is 6.42 Å². The molecule has 0 rings (SSSR count). The first kappa shape index (κ1) is 21.2. The van der Waals surface area contributed by atoms with Gasteiger partial charge in [0.05, 0.1) is 7.11 Å². The molecule has 2 nitrogen and oxygen atoms in total. The Morgan fingerprint density at radius 1 is 0.739 bits per heavy atom. The van der Waals surface area contributed by atoms with Crippen LogP contribution in [0.15, 0.2) is 60.8 Å². The second-order valence-electron chi connectivity index (χ2n) is 5.18. The summed E-state index contributed by atoms with van der Waals surface area (Å²) < 4.78 is 4.59. The Labute approximate surface area is 142 Å². The van der Waals surface area contributed by atoms with Crippen LogP contribution in [-0.2, 0) is 9.53 Å². The second kappa shape index (κ2) is 18.2. The molecule has 0 radical (unpaired) electrons. The molecule has 0 fully saturated rings. The highest BCUT2D eigenvalue weighted by molar-refractivity contribution is 5.69. The van der Waals surface area contributed by atoms with E-state index in [1.807, 2.05) is 0 Å². The lowest BCUT2D eigenvalue weighted by Gasteiger charge is -1.95. The molecule has 23 heavy (non-hydrogen) atoms. The van der Waals surface area contributed by atoms with Crippen LogP contribution in [0.5, 0.6) is 0 Å². The molecule has 0 saturated carbocycles. The van der Waals surface area contributed by atoms with Crippen LogP contribution in [0.2, 0.25) is 0 Å². The van der Waals surface area contributed by atoms with E-state index in [1.54, 1.807) is 0 Å². The lowest BCUT2D eigenvalue weighted by atomic mass is 10.2. The van der Waals surface area contributed by atoms with Gasteiger partial charge in [-0.3, -0.25) is 4.79 Å². The van der Waals surface area contributed by atoms with Crippen LogP contribution in [0.1, 0.15) is 58.3 Å². The Balaban J connectivity index is 3.47. The maximum Gasteiger partial charge on any atom is 0.305 e. The number of rotatable bonds is 13. The molecule has 0 bridgehead atoms. The lowest BCUT2D eigenvalue weighted by molar-refractivity contribution is -0.140. The minimum Gasteiger partial charge on any atom is -0.469 e. The van der Waals surface area contributed by atoms with Gasteiger partial charge in [0.25, 0.3) is 0 Å². The first-order valence-corrected chi connectivity index (χ1v) is 8.63. The summed E-state index contributed by atoms with van der Waals surface area (Å²) in [6.07, 6.45) is 29.2. The van der Waals surface area contributed by atoms with Crippen LogP contribution < -0.4 is 0 Å². The number of methoxy groups -OCH3 is 1. The molecule has 0 amide bonds. The molecular formula is C21H32O2. The highest BCUT2D eigenvalue weighted by Crippen LogP contribution is 2.00. The molecule has 128 valence electrons. The zero-order chi connectivity index (χ0) is 17.0. The van der Waals surface area contributed by atoms with Crippen molar-refractivity contribution in [2.75, 3.05) is 7.11 Å². The normalized spacial score (nSPS) is 12.6. The third kappa shape index (κ3) is 18.1. The molecule has 0 saturated heterocycles. The van der Waals surface area contributed by atoms with Crippen LogP contribution in [0.4, 0.5) is 0 Å². The van der Waals surface area contributed by atoms with Crippen molar-refractivity contribution in [1.82, 2.24) is 0 Å². The fourth-order valence-corrected chi connectivity index (χ4v) is 1.83. The average Bonchev–Trinajstić information content (AvgIpc) is 2.57. The Kier molecular flexibility index (Phi) is 16.8. The number of allylic oxidation sites excluding steroid dienone is 10. The smallest absolute Gasteiger partial charge is 0.305 e. The van der Waals surface area contributed by atoms with Gasteiger partial charge in [-0.1, -0.05) is 67.7 Å². The number of carbonyl (C=O) groups is 1. The van der Waals surface area contributed by atoms with Gasteiger partial charge in [0.2, 0.25) is 0 Å². The minimum absolute atomic E-state index is 0.127. The Bertz CT molecular complexity index is 412. The Hall–Kier alpha value is -1.83. The van der Waals surface area contributed by atoms with Crippen LogP contribution in [0.25, 0.3) is 0 Å². The summed E-state index contributed by atoms with van der Waals surface area (Å²) in [5, 5.41) is 0. The van der Waals surface area contributed by atoms with Crippen molar-refractivity contribution in [2.24, 2.45) is 0 Å². The van der Waals surface area contributed by atoms with Gasteiger partial charge in [-0.15, -0.1) is 0 Å². The van der Waals surface area contributed by atoms with Crippen LogP contribution >= 0.6 is 0 Å². The number of hydrogen-bond acceptors (Lipinski definition) is 2. The monoisotopic (exact) mass is 316 g/mol. The summed E-state index contributed by atoms with van der Waals surface area (Å²) in [4.78, 5) is 10.9.